The molecule has 1 fully saturated rings. The predicted octanol–water partition coefficient (Wildman–Crippen LogP) is 3.77. The van der Waals surface area contributed by atoms with Gasteiger partial charge in [0.15, 0.2) is 0 Å². The summed E-state index contributed by atoms with van der Waals surface area (Å²) in [4.78, 5) is 2.56. The zero-order chi connectivity index (χ0) is 15.1. The Morgan fingerprint density at radius 3 is 2.48 bits per heavy atom. The molecule has 1 aromatic carbocycles. The van der Waals surface area contributed by atoms with Gasteiger partial charge in [-0.3, -0.25) is 4.90 Å². The van der Waals surface area contributed by atoms with Crippen LogP contribution >= 0.6 is 0 Å². The van der Waals surface area contributed by atoms with Gasteiger partial charge < -0.3 is 5.32 Å². The average Bonchev–Trinajstić information content (AvgIpc) is 2.52. The molecular formula is C19H30N2. The lowest BCUT2D eigenvalue weighted by atomic mass is 10.0. The Balaban J connectivity index is 1.75. The molecule has 1 saturated heterocycles. The summed E-state index contributed by atoms with van der Waals surface area (Å²) >= 11 is 0. The quantitative estimate of drug-likeness (QED) is 0.801. The van der Waals surface area contributed by atoms with E-state index >= 15 is 0 Å². The van der Waals surface area contributed by atoms with Crippen molar-refractivity contribution in [1.82, 2.24) is 10.2 Å². The lowest BCUT2D eigenvalue weighted by Crippen LogP contribution is -2.42. The molecule has 1 N–H and O–H groups in total. The number of hydrogen-bond donors (Lipinski definition) is 1. The van der Waals surface area contributed by atoms with Crippen LogP contribution in [-0.4, -0.2) is 30.6 Å². The van der Waals surface area contributed by atoms with Gasteiger partial charge >= 0.3 is 0 Å². The normalized spacial score (nSPS) is 16.9. The summed E-state index contributed by atoms with van der Waals surface area (Å²) in [6.07, 6.45) is 6.00. The van der Waals surface area contributed by atoms with E-state index < -0.39 is 0 Å². The van der Waals surface area contributed by atoms with Gasteiger partial charge in [-0.1, -0.05) is 42.8 Å². The molecule has 21 heavy (non-hydrogen) atoms. The zero-order valence-electron chi connectivity index (χ0n) is 13.9. The number of rotatable bonds is 6. The maximum Gasteiger partial charge on any atom is 0.0210 e. The van der Waals surface area contributed by atoms with Crippen LogP contribution in [0.1, 0.15) is 44.7 Å². The highest BCUT2D eigenvalue weighted by molar-refractivity contribution is 5.26. The van der Waals surface area contributed by atoms with E-state index in [1.807, 2.05) is 0 Å². The molecular weight excluding hydrogens is 256 g/mol. The number of nitrogens with one attached hydrogen (secondary N) is 1. The Bertz CT molecular complexity index is 452. The van der Waals surface area contributed by atoms with Crippen molar-refractivity contribution in [3.05, 3.63) is 47.0 Å². The van der Waals surface area contributed by atoms with Gasteiger partial charge in [0.1, 0.15) is 0 Å². The monoisotopic (exact) mass is 286 g/mol. The SMILES string of the molecule is CCc1ccccc1CNC1CCN(CC=C(C)C)CC1. The second kappa shape index (κ2) is 8.35. The van der Waals surface area contributed by atoms with Crippen LogP contribution in [0.2, 0.25) is 0 Å². The summed E-state index contributed by atoms with van der Waals surface area (Å²) < 4.78 is 0. The van der Waals surface area contributed by atoms with Crippen LogP contribution in [0, 0.1) is 0 Å². The Morgan fingerprint density at radius 1 is 1.19 bits per heavy atom. The van der Waals surface area contributed by atoms with Crippen molar-refractivity contribution in [2.24, 2.45) is 0 Å². The fraction of sp³-hybridized carbons (Fsp3) is 0.579. The Labute approximate surface area is 130 Å². The van der Waals surface area contributed by atoms with Gasteiger partial charge in [-0.2, -0.15) is 0 Å². The largest absolute Gasteiger partial charge is 0.310 e. The molecule has 2 heteroatoms. The second-order valence-corrected chi connectivity index (χ2v) is 6.36. The van der Waals surface area contributed by atoms with Crippen LogP contribution < -0.4 is 5.32 Å². The zero-order valence-corrected chi connectivity index (χ0v) is 13.9. The van der Waals surface area contributed by atoms with Crippen molar-refractivity contribution in [3.63, 3.8) is 0 Å². The minimum atomic E-state index is 0.679. The van der Waals surface area contributed by atoms with E-state index in [1.165, 1.54) is 42.6 Å². The molecule has 1 aromatic rings. The molecule has 0 bridgehead atoms. The maximum atomic E-state index is 3.76. The van der Waals surface area contributed by atoms with Gasteiger partial charge in [0, 0.05) is 19.1 Å². The molecule has 2 rings (SSSR count). The first-order valence-corrected chi connectivity index (χ1v) is 8.35. The maximum absolute atomic E-state index is 3.76. The molecule has 1 aliphatic heterocycles. The fourth-order valence-corrected chi connectivity index (χ4v) is 2.96. The van der Waals surface area contributed by atoms with Gasteiger partial charge in [0.25, 0.3) is 0 Å². The van der Waals surface area contributed by atoms with Crippen LogP contribution in [0.15, 0.2) is 35.9 Å². The fourth-order valence-electron chi connectivity index (χ4n) is 2.96. The third-order valence-corrected chi connectivity index (χ3v) is 4.43. The average molecular weight is 286 g/mol. The van der Waals surface area contributed by atoms with Crippen molar-refractivity contribution >= 4 is 0 Å². The highest BCUT2D eigenvalue weighted by atomic mass is 15.1. The first-order chi connectivity index (χ1) is 10.2. The number of allylic oxidation sites excluding steroid dienone is 1. The van der Waals surface area contributed by atoms with Gasteiger partial charge in [0.05, 0.1) is 0 Å². The van der Waals surface area contributed by atoms with Crippen LogP contribution in [0.3, 0.4) is 0 Å². The molecule has 0 saturated carbocycles. The topological polar surface area (TPSA) is 15.3 Å². The van der Waals surface area contributed by atoms with Crippen LogP contribution in [-0.2, 0) is 13.0 Å². The van der Waals surface area contributed by atoms with Gasteiger partial charge in [0.2, 0.25) is 0 Å². The molecule has 1 heterocycles. The number of hydrogen-bond acceptors (Lipinski definition) is 2. The molecule has 0 aliphatic carbocycles. The van der Waals surface area contributed by atoms with E-state index in [0.29, 0.717) is 6.04 Å². The molecule has 0 radical (unpaired) electrons. The summed E-state index contributed by atoms with van der Waals surface area (Å²) in [5.74, 6) is 0. The molecule has 2 nitrogen and oxygen atoms in total. The molecule has 0 atom stereocenters. The van der Waals surface area contributed by atoms with E-state index in [1.54, 1.807) is 0 Å². The summed E-state index contributed by atoms with van der Waals surface area (Å²) in [6.45, 7) is 11.2. The van der Waals surface area contributed by atoms with Crippen LogP contribution in [0.5, 0.6) is 0 Å². The number of benzene rings is 1. The standard InChI is InChI=1S/C19H30N2/c1-4-17-7-5-6-8-18(17)15-20-19-10-13-21(14-11-19)12-9-16(2)3/h5-9,19-20H,4,10-15H2,1-3H3. The highest BCUT2D eigenvalue weighted by Crippen LogP contribution is 2.13. The highest BCUT2D eigenvalue weighted by Gasteiger charge is 2.17. The summed E-state index contributed by atoms with van der Waals surface area (Å²) in [7, 11) is 0. The second-order valence-electron chi connectivity index (χ2n) is 6.36. The molecule has 0 amide bonds. The first kappa shape index (κ1) is 16.3. The van der Waals surface area contributed by atoms with E-state index in [0.717, 1.165) is 19.5 Å². The van der Waals surface area contributed by atoms with E-state index in [-0.39, 0.29) is 0 Å². The van der Waals surface area contributed by atoms with Gasteiger partial charge in [-0.25, -0.2) is 0 Å². The third kappa shape index (κ3) is 5.29. The predicted molar refractivity (Wildman–Crippen MR) is 91.6 cm³/mol. The number of piperidine rings is 1. The number of aryl methyl sites for hydroxylation is 1. The number of nitrogens with zero attached hydrogens (tertiary/aromatic N) is 1. The lowest BCUT2D eigenvalue weighted by molar-refractivity contribution is 0.214. The smallest absolute Gasteiger partial charge is 0.0210 e. The van der Waals surface area contributed by atoms with Crippen molar-refractivity contribution < 1.29 is 0 Å². The van der Waals surface area contributed by atoms with Gasteiger partial charge in [-0.15, -0.1) is 0 Å². The van der Waals surface area contributed by atoms with E-state index in [2.05, 4.69) is 61.3 Å². The molecule has 1 aliphatic rings. The third-order valence-electron chi connectivity index (χ3n) is 4.43. The molecule has 0 spiro atoms. The van der Waals surface area contributed by atoms with Crippen LogP contribution in [0.4, 0.5) is 0 Å². The Hall–Kier alpha value is -1.12. The Morgan fingerprint density at radius 2 is 1.86 bits per heavy atom. The van der Waals surface area contributed by atoms with Crippen molar-refractivity contribution in [2.75, 3.05) is 19.6 Å². The summed E-state index contributed by atoms with van der Waals surface area (Å²) in [6, 6.07) is 9.48. The van der Waals surface area contributed by atoms with Crippen LogP contribution in [0.25, 0.3) is 0 Å². The minimum Gasteiger partial charge on any atom is -0.310 e. The number of likely N-dealkylation sites (tertiary alicyclic amines) is 1. The van der Waals surface area contributed by atoms with E-state index in [4.69, 9.17) is 0 Å². The summed E-state index contributed by atoms with van der Waals surface area (Å²) in [5, 5.41) is 3.76. The Kier molecular flexibility index (Phi) is 6.47. The van der Waals surface area contributed by atoms with E-state index in [9.17, 15) is 0 Å². The van der Waals surface area contributed by atoms with Crippen molar-refractivity contribution in [2.45, 2.75) is 52.6 Å². The lowest BCUT2D eigenvalue weighted by Gasteiger charge is -2.32. The molecule has 0 unspecified atom stereocenters. The van der Waals surface area contributed by atoms with Crippen molar-refractivity contribution in [1.29, 1.82) is 0 Å². The molecule has 0 aromatic heterocycles. The first-order valence-electron chi connectivity index (χ1n) is 8.35. The molecule has 116 valence electrons. The minimum absolute atomic E-state index is 0.679. The van der Waals surface area contributed by atoms with Gasteiger partial charge in [-0.05, 0) is 57.3 Å². The van der Waals surface area contributed by atoms with Crippen molar-refractivity contribution in [3.8, 4) is 0 Å². The summed E-state index contributed by atoms with van der Waals surface area (Å²) in [5.41, 5.74) is 4.37.